The van der Waals surface area contributed by atoms with E-state index in [1.54, 1.807) is 11.3 Å². The second-order valence-electron chi connectivity index (χ2n) is 5.22. The van der Waals surface area contributed by atoms with Gasteiger partial charge in [0.2, 0.25) is 11.7 Å². The summed E-state index contributed by atoms with van der Waals surface area (Å²) in [4.78, 5) is 5.54. The first-order chi connectivity index (χ1) is 9.92. The van der Waals surface area contributed by atoms with E-state index >= 15 is 0 Å². The molecule has 1 aliphatic rings. The number of hydrogen-bond acceptors (Lipinski definition) is 5. The Balaban J connectivity index is 1.40. The van der Waals surface area contributed by atoms with Crippen LogP contribution in [0.2, 0.25) is 0 Å². The fourth-order valence-electron chi connectivity index (χ4n) is 2.57. The van der Waals surface area contributed by atoms with Crippen LogP contribution in [0.25, 0.3) is 10.7 Å². The van der Waals surface area contributed by atoms with E-state index in [2.05, 4.69) is 21.9 Å². The summed E-state index contributed by atoms with van der Waals surface area (Å²) in [6.45, 7) is 0. The zero-order chi connectivity index (χ0) is 13.6. The molecule has 3 rings (SSSR count). The molecule has 108 valence electrons. The Kier molecular flexibility index (Phi) is 5.14. The van der Waals surface area contributed by atoms with Crippen LogP contribution in [0, 0.1) is 0 Å². The number of thioether (sulfide) groups is 1. The molecule has 0 N–H and O–H groups in total. The molecule has 0 unspecified atom stereocenters. The molecule has 0 bridgehead atoms. The van der Waals surface area contributed by atoms with E-state index in [0.717, 1.165) is 34.7 Å². The Morgan fingerprint density at radius 2 is 2.20 bits per heavy atom. The molecule has 0 aromatic carbocycles. The van der Waals surface area contributed by atoms with Crippen LogP contribution in [0.3, 0.4) is 0 Å². The van der Waals surface area contributed by atoms with Crippen LogP contribution < -0.4 is 0 Å². The molecule has 0 aliphatic heterocycles. The number of hydrogen-bond donors (Lipinski definition) is 0. The van der Waals surface area contributed by atoms with Gasteiger partial charge in [-0.15, -0.1) is 11.3 Å². The SMILES string of the molecule is c1csc(-c2noc(CCCSC3CCCCC3)n2)c1. The van der Waals surface area contributed by atoms with Crippen LogP contribution in [0.5, 0.6) is 0 Å². The standard InChI is InChI=1S/C15H20N2OS2/c1-2-6-12(7-3-1)19-10-5-9-14-16-15(17-18-14)13-8-4-11-20-13/h4,8,11-12H,1-3,5-7,9-10H2. The lowest BCUT2D eigenvalue weighted by atomic mass is 10.0. The van der Waals surface area contributed by atoms with Crippen molar-refractivity contribution in [3.63, 3.8) is 0 Å². The van der Waals surface area contributed by atoms with E-state index in [0.29, 0.717) is 0 Å². The summed E-state index contributed by atoms with van der Waals surface area (Å²) in [5.74, 6) is 2.72. The molecule has 1 fully saturated rings. The minimum atomic E-state index is 0.731. The first-order valence-electron chi connectivity index (χ1n) is 7.40. The molecular formula is C15H20N2OS2. The highest BCUT2D eigenvalue weighted by atomic mass is 32.2. The highest BCUT2D eigenvalue weighted by Crippen LogP contribution is 2.28. The van der Waals surface area contributed by atoms with Gasteiger partial charge in [0.05, 0.1) is 4.88 Å². The normalized spacial score (nSPS) is 16.6. The van der Waals surface area contributed by atoms with E-state index in [1.807, 2.05) is 17.5 Å². The second-order valence-corrected chi connectivity index (χ2v) is 7.58. The van der Waals surface area contributed by atoms with Gasteiger partial charge in [0.25, 0.3) is 0 Å². The summed E-state index contributed by atoms with van der Waals surface area (Å²) < 4.78 is 5.32. The van der Waals surface area contributed by atoms with Gasteiger partial charge in [0, 0.05) is 11.7 Å². The lowest BCUT2D eigenvalue weighted by molar-refractivity contribution is 0.378. The minimum absolute atomic E-state index is 0.731. The number of rotatable bonds is 6. The van der Waals surface area contributed by atoms with Crippen LogP contribution in [0.4, 0.5) is 0 Å². The van der Waals surface area contributed by atoms with Crippen molar-refractivity contribution < 1.29 is 4.52 Å². The second kappa shape index (κ2) is 7.27. The Hall–Kier alpha value is -0.810. The maximum Gasteiger partial charge on any atom is 0.227 e. The van der Waals surface area contributed by atoms with E-state index < -0.39 is 0 Å². The Labute approximate surface area is 128 Å². The number of aromatic nitrogens is 2. The molecule has 5 heteroatoms. The van der Waals surface area contributed by atoms with Crippen molar-refractivity contribution in [3.8, 4) is 10.7 Å². The van der Waals surface area contributed by atoms with Gasteiger partial charge in [-0.3, -0.25) is 0 Å². The number of nitrogens with zero attached hydrogens (tertiary/aromatic N) is 2. The van der Waals surface area contributed by atoms with Crippen molar-refractivity contribution in [2.45, 2.75) is 50.2 Å². The van der Waals surface area contributed by atoms with Crippen molar-refractivity contribution in [1.82, 2.24) is 10.1 Å². The van der Waals surface area contributed by atoms with Gasteiger partial charge >= 0.3 is 0 Å². The van der Waals surface area contributed by atoms with Gasteiger partial charge in [0.1, 0.15) is 0 Å². The van der Waals surface area contributed by atoms with Crippen LogP contribution in [0.15, 0.2) is 22.0 Å². The molecule has 20 heavy (non-hydrogen) atoms. The third kappa shape index (κ3) is 3.85. The predicted molar refractivity (Wildman–Crippen MR) is 85.3 cm³/mol. The maximum atomic E-state index is 5.32. The van der Waals surface area contributed by atoms with Crippen LogP contribution in [0.1, 0.15) is 44.4 Å². The molecule has 3 nitrogen and oxygen atoms in total. The third-order valence-corrected chi connectivity index (χ3v) is 5.98. The van der Waals surface area contributed by atoms with E-state index in [4.69, 9.17) is 4.52 Å². The molecule has 0 amide bonds. The summed E-state index contributed by atoms with van der Waals surface area (Å²) in [5, 5.41) is 6.98. The topological polar surface area (TPSA) is 38.9 Å². The quantitative estimate of drug-likeness (QED) is 0.719. The highest BCUT2D eigenvalue weighted by Gasteiger charge is 2.14. The minimum Gasteiger partial charge on any atom is -0.339 e. The first kappa shape index (κ1) is 14.1. The monoisotopic (exact) mass is 308 g/mol. The van der Waals surface area contributed by atoms with Crippen molar-refractivity contribution in [2.24, 2.45) is 0 Å². The van der Waals surface area contributed by atoms with Crippen molar-refractivity contribution in [3.05, 3.63) is 23.4 Å². The van der Waals surface area contributed by atoms with Gasteiger partial charge in [-0.05, 0) is 36.5 Å². The number of aryl methyl sites for hydroxylation is 1. The largest absolute Gasteiger partial charge is 0.339 e. The van der Waals surface area contributed by atoms with Gasteiger partial charge in [0.15, 0.2) is 0 Å². The Bertz CT molecular complexity index is 504. The van der Waals surface area contributed by atoms with Gasteiger partial charge in [-0.2, -0.15) is 16.7 Å². The van der Waals surface area contributed by atoms with Gasteiger partial charge in [-0.25, -0.2) is 0 Å². The van der Waals surface area contributed by atoms with Crippen LogP contribution >= 0.6 is 23.1 Å². The van der Waals surface area contributed by atoms with Crippen molar-refractivity contribution >= 4 is 23.1 Å². The fourth-order valence-corrected chi connectivity index (χ4v) is 4.53. The molecule has 0 saturated heterocycles. The summed E-state index contributed by atoms with van der Waals surface area (Å²) in [6, 6.07) is 4.04. The smallest absolute Gasteiger partial charge is 0.227 e. The third-order valence-electron chi connectivity index (χ3n) is 3.65. The van der Waals surface area contributed by atoms with E-state index in [-0.39, 0.29) is 0 Å². The first-order valence-corrected chi connectivity index (χ1v) is 9.33. The Morgan fingerprint density at radius 1 is 1.30 bits per heavy atom. The average Bonchev–Trinajstić information content (AvgIpc) is 3.15. The van der Waals surface area contributed by atoms with E-state index in [9.17, 15) is 0 Å². The molecule has 0 radical (unpaired) electrons. The lowest BCUT2D eigenvalue weighted by Gasteiger charge is -2.20. The summed E-state index contributed by atoms with van der Waals surface area (Å²) in [5.41, 5.74) is 0. The lowest BCUT2D eigenvalue weighted by Crippen LogP contribution is -2.08. The summed E-state index contributed by atoms with van der Waals surface area (Å²) in [6.07, 6.45) is 9.13. The van der Waals surface area contributed by atoms with Crippen molar-refractivity contribution in [2.75, 3.05) is 5.75 Å². The molecule has 0 atom stereocenters. The molecule has 2 aromatic rings. The summed E-state index contributed by atoms with van der Waals surface area (Å²) >= 11 is 3.78. The Morgan fingerprint density at radius 3 is 3.00 bits per heavy atom. The predicted octanol–water partition coefficient (Wildman–Crippen LogP) is 4.80. The molecule has 2 heterocycles. The average molecular weight is 308 g/mol. The maximum absolute atomic E-state index is 5.32. The fraction of sp³-hybridized carbons (Fsp3) is 0.600. The zero-order valence-electron chi connectivity index (χ0n) is 11.6. The van der Waals surface area contributed by atoms with E-state index in [1.165, 1.54) is 37.9 Å². The van der Waals surface area contributed by atoms with Crippen LogP contribution in [-0.2, 0) is 6.42 Å². The molecule has 0 spiro atoms. The van der Waals surface area contributed by atoms with Gasteiger partial charge < -0.3 is 4.52 Å². The molecule has 1 saturated carbocycles. The highest BCUT2D eigenvalue weighted by molar-refractivity contribution is 7.99. The molecular weight excluding hydrogens is 288 g/mol. The van der Waals surface area contributed by atoms with Gasteiger partial charge in [-0.1, -0.05) is 30.5 Å². The number of thiophene rings is 1. The van der Waals surface area contributed by atoms with Crippen LogP contribution in [-0.4, -0.2) is 21.1 Å². The molecule has 2 aromatic heterocycles. The van der Waals surface area contributed by atoms with Crippen molar-refractivity contribution in [1.29, 1.82) is 0 Å². The molecule has 1 aliphatic carbocycles. The summed E-state index contributed by atoms with van der Waals surface area (Å²) in [7, 11) is 0. The zero-order valence-corrected chi connectivity index (χ0v) is 13.2.